The molecule has 2 rings (SSSR count). The average Bonchev–Trinajstić information content (AvgIpc) is 2.88. The van der Waals surface area contributed by atoms with E-state index in [0.717, 1.165) is 25.7 Å². The lowest BCUT2D eigenvalue weighted by atomic mass is 10.1. The van der Waals surface area contributed by atoms with Gasteiger partial charge in [0.15, 0.2) is 0 Å². The molecule has 102 valence electrons. The molecule has 1 aromatic heterocycles. The number of carboxylic acids is 1. The highest BCUT2D eigenvalue weighted by Crippen LogP contribution is 2.25. The summed E-state index contributed by atoms with van der Waals surface area (Å²) in [7, 11) is 0. The number of rotatable bonds is 4. The van der Waals surface area contributed by atoms with Crippen molar-refractivity contribution in [1.29, 1.82) is 0 Å². The molecule has 5 nitrogen and oxygen atoms in total. The zero-order chi connectivity index (χ0) is 13.8. The van der Waals surface area contributed by atoms with Crippen LogP contribution in [-0.4, -0.2) is 39.5 Å². The topological polar surface area (TPSA) is 70.5 Å². The Hall–Kier alpha value is -1.43. The van der Waals surface area contributed by atoms with Gasteiger partial charge >= 0.3 is 5.97 Å². The van der Waals surface area contributed by atoms with E-state index < -0.39 is 5.97 Å². The first-order valence-electron chi connectivity index (χ1n) is 6.21. The Morgan fingerprint density at radius 3 is 2.63 bits per heavy atom. The third kappa shape index (κ3) is 3.53. The summed E-state index contributed by atoms with van der Waals surface area (Å²) in [6.07, 6.45) is 6.90. The van der Waals surface area contributed by atoms with Gasteiger partial charge in [0.1, 0.15) is 6.54 Å². The smallest absolute Gasteiger partial charge is 0.323 e. The molecule has 19 heavy (non-hydrogen) atoms. The van der Waals surface area contributed by atoms with Crippen LogP contribution in [0.3, 0.4) is 0 Å². The lowest BCUT2D eigenvalue weighted by Gasteiger charge is -2.27. The predicted molar refractivity (Wildman–Crippen MR) is 72.9 cm³/mol. The standard InChI is InChI=1S/C13H15BrN2O3/c14-10-5-9(6-15-7-10)13(19)16(8-12(17)18)11-3-1-2-4-11/h5-7,11H,1-4,8H2,(H,17,18). The summed E-state index contributed by atoms with van der Waals surface area (Å²) < 4.78 is 0.708. The fourth-order valence-electron chi connectivity index (χ4n) is 2.42. The van der Waals surface area contributed by atoms with E-state index in [1.165, 1.54) is 11.1 Å². The lowest BCUT2D eigenvalue weighted by molar-refractivity contribution is -0.138. The number of hydrogen-bond acceptors (Lipinski definition) is 3. The molecule has 1 fully saturated rings. The van der Waals surface area contributed by atoms with Crippen molar-refractivity contribution in [1.82, 2.24) is 9.88 Å². The van der Waals surface area contributed by atoms with E-state index in [1.807, 2.05) is 0 Å². The van der Waals surface area contributed by atoms with Crippen molar-refractivity contribution >= 4 is 27.8 Å². The van der Waals surface area contributed by atoms with Crippen LogP contribution < -0.4 is 0 Å². The van der Waals surface area contributed by atoms with E-state index in [0.29, 0.717) is 10.0 Å². The number of carbonyl (C=O) groups is 2. The van der Waals surface area contributed by atoms with Crippen LogP contribution in [0.25, 0.3) is 0 Å². The minimum absolute atomic E-state index is 0.0302. The van der Waals surface area contributed by atoms with Gasteiger partial charge in [0.2, 0.25) is 0 Å². The summed E-state index contributed by atoms with van der Waals surface area (Å²) in [6.45, 7) is -0.254. The maximum absolute atomic E-state index is 12.4. The van der Waals surface area contributed by atoms with Gasteiger partial charge in [-0.25, -0.2) is 0 Å². The quantitative estimate of drug-likeness (QED) is 0.921. The molecule has 0 spiro atoms. The number of amides is 1. The van der Waals surface area contributed by atoms with Crippen molar-refractivity contribution in [2.45, 2.75) is 31.7 Å². The second-order valence-electron chi connectivity index (χ2n) is 4.66. The summed E-state index contributed by atoms with van der Waals surface area (Å²) in [5.41, 5.74) is 0.419. The molecule has 1 saturated carbocycles. The van der Waals surface area contributed by atoms with Crippen molar-refractivity contribution in [2.75, 3.05) is 6.54 Å². The molecule has 0 unspecified atom stereocenters. The van der Waals surface area contributed by atoms with Crippen molar-refractivity contribution in [3.05, 3.63) is 28.5 Å². The van der Waals surface area contributed by atoms with Gasteiger partial charge in [0.05, 0.1) is 5.56 Å². The van der Waals surface area contributed by atoms with Crippen LogP contribution in [0, 0.1) is 0 Å². The van der Waals surface area contributed by atoms with Crippen molar-refractivity contribution < 1.29 is 14.7 Å². The zero-order valence-corrected chi connectivity index (χ0v) is 12.0. The predicted octanol–water partition coefficient (Wildman–Crippen LogP) is 2.31. The zero-order valence-electron chi connectivity index (χ0n) is 10.4. The highest BCUT2D eigenvalue weighted by Gasteiger charge is 2.29. The maximum Gasteiger partial charge on any atom is 0.323 e. The Kier molecular flexibility index (Phi) is 4.52. The monoisotopic (exact) mass is 326 g/mol. The average molecular weight is 327 g/mol. The third-order valence-electron chi connectivity index (χ3n) is 3.28. The Balaban J connectivity index is 2.21. The van der Waals surface area contributed by atoms with Crippen LogP contribution in [0.4, 0.5) is 0 Å². The molecular weight excluding hydrogens is 312 g/mol. The number of aromatic nitrogens is 1. The van der Waals surface area contributed by atoms with Crippen molar-refractivity contribution in [3.8, 4) is 0 Å². The number of carbonyl (C=O) groups excluding carboxylic acids is 1. The SMILES string of the molecule is O=C(O)CN(C(=O)c1cncc(Br)c1)C1CCCC1. The van der Waals surface area contributed by atoms with Crippen LogP contribution in [0.2, 0.25) is 0 Å². The van der Waals surface area contributed by atoms with Gasteiger partial charge in [-0.1, -0.05) is 12.8 Å². The van der Waals surface area contributed by atoms with Crippen LogP contribution >= 0.6 is 15.9 Å². The van der Waals surface area contributed by atoms with E-state index in [1.54, 1.807) is 12.3 Å². The first kappa shape index (κ1) is 14.0. The number of carboxylic acid groups (broad SMARTS) is 1. The second-order valence-corrected chi connectivity index (χ2v) is 5.57. The Morgan fingerprint density at radius 2 is 2.05 bits per heavy atom. The second kappa shape index (κ2) is 6.14. The summed E-state index contributed by atoms with van der Waals surface area (Å²) in [4.78, 5) is 28.8. The molecule has 0 radical (unpaired) electrons. The molecule has 0 atom stereocenters. The molecule has 1 heterocycles. The minimum atomic E-state index is -0.983. The van der Waals surface area contributed by atoms with E-state index in [-0.39, 0.29) is 18.5 Å². The molecule has 0 aliphatic heterocycles. The first-order chi connectivity index (χ1) is 9.08. The normalized spacial score (nSPS) is 15.4. The molecule has 1 aromatic rings. The molecule has 1 amide bonds. The van der Waals surface area contributed by atoms with E-state index >= 15 is 0 Å². The summed E-state index contributed by atoms with van der Waals surface area (Å²) >= 11 is 3.26. The molecule has 1 N–H and O–H groups in total. The van der Waals surface area contributed by atoms with Crippen LogP contribution in [0.15, 0.2) is 22.9 Å². The Bertz CT molecular complexity index is 487. The Morgan fingerprint density at radius 1 is 1.37 bits per heavy atom. The van der Waals surface area contributed by atoms with Crippen LogP contribution in [0.5, 0.6) is 0 Å². The van der Waals surface area contributed by atoms with E-state index in [2.05, 4.69) is 20.9 Å². The number of hydrogen-bond donors (Lipinski definition) is 1. The third-order valence-corrected chi connectivity index (χ3v) is 3.72. The summed E-state index contributed by atoms with van der Waals surface area (Å²) in [6, 6.07) is 1.70. The van der Waals surface area contributed by atoms with Crippen molar-refractivity contribution in [3.63, 3.8) is 0 Å². The lowest BCUT2D eigenvalue weighted by Crippen LogP contribution is -2.42. The summed E-state index contributed by atoms with van der Waals surface area (Å²) in [5.74, 6) is -1.24. The molecule has 1 aliphatic rings. The fraction of sp³-hybridized carbons (Fsp3) is 0.462. The van der Waals surface area contributed by atoms with Gasteiger partial charge in [0, 0.05) is 22.9 Å². The number of nitrogens with zero attached hydrogens (tertiary/aromatic N) is 2. The van der Waals surface area contributed by atoms with Crippen molar-refractivity contribution in [2.24, 2.45) is 0 Å². The van der Waals surface area contributed by atoms with Gasteiger partial charge in [-0.3, -0.25) is 14.6 Å². The van der Waals surface area contributed by atoms with Gasteiger partial charge in [-0.05, 0) is 34.8 Å². The number of halogens is 1. The largest absolute Gasteiger partial charge is 0.480 e. The molecule has 6 heteroatoms. The van der Waals surface area contributed by atoms with Gasteiger partial charge in [-0.15, -0.1) is 0 Å². The van der Waals surface area contributed by atoms with Crippen LogP contribution in [0.1, 0.15) is 36.0 Å². The van der Waals surface area contributed by atoms with Crippen LogP contribution in [-0.2, 0) is 4.79 Å². The van der Waals surface area contributed by atoms with E-state index in [9.17, 15) is 9.59 Å². The fourth-order valence-corrected chi connectivity index (χ4v) is 2.79. The number of pyridine rings is 1. The molecular formula is C13H15BrN2O3. The minimum Gasteiger partial charge on any atom is -0.480 e. The molecule has 1 aliphatic carbocycles. The molecule has 0 bridgehead atoms. The van der Waals surface area contributed by atoms with Gasteiger partial charge < -0.3 is 10.0 Å². The molecule has 0 aromatic carbocycles. The maximum atomic E-state index is 12.4. The first-order valence-corrected chi connectivity index (χ1v) is 7.00. The van der Waals surface area contributed by atoms with E-state index in [4.69, 9.17) is 5.11 Å². The molecule has 0 saturated heterocycles. The highest BCUT2D eigenvalue weighted by atomic mass is 79.9. The van der Waals surface area contributed by atoms with Gasteiger partial charge in [0.25, 0.3) is 5.91 Å². The Labute approximate surface area is 119 Å². The number of aliphatic carboxylic acids is 1. The highest BCUT2D eigenvalue weighted by molar-refractivity contribution is 9.10. The summed E-state index contributed by atoms with van der Waals surface area (Å²) in [5, 5.41) is 8.98. The van der Waals surface area contributed by atoms with Gasteiger partial charge in [-0.2, -0.15) is 0 Å².